The molecule has 2 saturated heterocycles. The molecule has 2 aliphatic rings. The second kappa shape index (κ2) is 8.51. The van der Waals surface area contributed by atoms with Crippen molar-refractivity contribution in [1.29, 1.82) is 0 Å². The molecule has 7 nitrogen and oxygen atoms in total. The van der Waals surface area contributed by atoms with Gasteiger partial charge in [0.2, 0.25) is 17.7 Å². The lowest BCUT2D eigenvalue weighted by atomic mass is 10.0. The predicted octanol–water partition coefficient (Wildman–Crippen LogP) is 2.11. The number of likely N-dealkylation sites (tertiary alicyclic amines) is 2. The van der Waals surface area contributed by atoms with Crippen molar-refractivity contribution in [3.63, 3.8) is 0 Å². The van der Waals surface area contributed by atoms with Crippen molar-refractivity contribution in [3.8, 4) is 0 Å². The first kappa shape index (κ1) is 19.2. The first-order valence-electron chi connectivity index (χ1n) is 10.0. The SMILES string of the molecule is O=C(NC(CN1CCCC1=O)c1ccccc1)C1CC(=O)N(Cc2ccco2)C1. The zero-order valence-electron chi connectivity index (χ0n) is 16.3. The zero-order valence-corrected chi connectivity index (χ0v) is 16.3. The molecule has 0 saturated carbocycles. The van der Waals surface area contributed by atoms with Crippen molar-refractivity contribution in [2.45, 2.75) is 31.8 Å². The largest absolute Gasteiger partial charge is 0.467 e. The Kier molecular flexibility index (Phi) is 5.64. The predicted molar refractivity (Wildman–Crippen MR) is 105 cm³/mol. The number of furan rings is 1. The fourth-order valence-corrected chi connectivity index (χ4v) is 4.02. The molecule has 152 valence electrons. The van der Waals surface area contributed by atoms with E-state index in [0.29, 0.717) is 31.8 Å². The van der Waals surface area contributed by atoms with E-state index in [2.05, 4.69) is 5.32 Å². The van der Waals surface area contributed by atoms with Gasteiger partial charge in [0.1, 0.15) is 5.76 Å². The van der Waals surface area contributed by atoms with E-state index in [9.17, 15) is 14.4 Å². The molecule has 2 fully saturated rings. The van der Waals surface area contributed by atoms with E-state index in [1.165, 1.54) is 0 Å². The summed E-state index contributed by atoms with van der Waals surface area (Å²) < 4.78 is 5.31. The molecular formula is C22H25N3O4. The number of benzene rings is 1. The average molecular weight is 395 g/mol. The van der Waals surface area contributed by atoms with Gasteiger partial charge in [-0.05, 0) is 24.1 Å². The maximum absolute atomic E-state index is 13.0. The minimum absolute atomic E-state index is 0.0486. The van der Waals surface area contributed by atoms with Crippen LogP contribution in [0.1, 0.15) is 36.6 Å². The van der Waals surface area contributed by atoms with Gasteiger partial charge < -0.3 is 19.5 Å². The number of carbonyl (C=O) groups excluding carboxylic acids is 3. The molecule has 0 bridgehead atoms. The summed E-state index contributed by atoms with van der Waals surface area (Å²) in [7, 11) is 0. The summed E-state index contributed by atoms with van der Waals surface area (Å²) in [6, 6.07) is 13.0. The third-order valence-electron chi connectivity index (χ3n) is 5.60. The van der Waals surface area contributed by atoms with Crippen molar-refractivity contribution in [1.82, 2.24) is 15.1 Å². The van der Waals surface area contributed by atoms with Crippen LogP contribution in [0.2, 0.25) is 0 Å². The van der Waals surface area contributed by atoms with Gasteiger partial charge in [-0.2, -0.15) is 0 Å². The summed E-state index contributed by atoms with van der Waals surface area (Å²) in [5, 5.41) is 3.09. The first-order chi connectivity index (χ1) is 14.1. The van der Waals surface area contributed by atoms with Gasteiger partial charge in [0, 0.05) is 32.5 Å². The van der Waals surface area contributed by atoms with E-state index in [4.69, 9.17) is 4.42 Å². The summed E-state index contributed by atoms with van der Waals surface area (Å²) in [6.45, 7) is 1.91. The van der Waals surface area contributed by atoms with Crippen LogP contribution in [-0.4, -0.2) is 47.2 Å². The fourth-order valence-electron chi connectivity index (χ4n) is 4.02. The number of hydrogen-bond acceptors (Lipinski definition) is 4. The standard InChI is InChI=1S/C22H25N3O4/c26-20-9-4-10-24(20)15-19(16-6-2-1-3-7-16)23-22(28)17-12-21(27)25(13-17)14-18-8-5-11-29-18/h1-3,5-8,11,17,19H,4,9-10,12-15H2,(H,23,28). The molecule has 0 spiro atoms. The number of hydrogen-bond donors (Lipinski definition) is 1. The molecule has 0 aliphatic carbocycles. The van der Waals surface area contributed by atoms with Crippen molar-refractivity contribution < 1.29 is 18.8 Å². The summed E-state index contributed by atoms with van der Waals surface area (Å²) in [6.07, 6.45) is 3.18. The molecule has 7 heteroatoms. The third kappa shape index (κ3) is 4.50. The highest BCUT2D eigenvalue weighted by atomic mass is 16.3. The normalized spacial score (nSPS) is 20.3. The molecular weight excluding hydrogens is 370 g/mol. The Balaban J connectivity index is 1.42. The average Bonchev–Trinajstić information content (AvgIpc) is 3.46. The van der Waals surface area contributed by atoms with Gasteiger partial charge >= 0.3 is 0 Å². The van der Waals surface area contributed by atoms with Crippen LogP contribution in [-0.2, 0) is 20.9 Å². The molecule has 1 aromatic carbocycles. The highest BCUT2D eigenvalue weighted by Crippen LogP contribution is 2.23. The zero-order chi connectivity index (χ0) is 20.2. The van der Waals surface area contributed by atoms with E-state index in [0.717, 1.165) is 18.5 Å². The van der Waals surface area contributed by atoms with Crippen LogP contribution in [0.25, 0.3) is 0 Å². The summed E-state index contributed by atoms with van der Waals surface area (Å²) >= 11 is 0. The minimum atomic E-state index is -0.405. The first-order valence-corrected chi connectivity index (χ1v) is 10.0. The van der Waals surface area contributed by atoms with Gasteiger partial charge in [0.15, 0.2) is 0 Å². The molecule has 3 heterocycles. The lowest BCUT2D eigenvalue weighted by Crippen LogP contribution is -2.41. The number of nitrogens with one attached hydrogen (secondary N) is 1. The molecule has 2 aliphatic heterocycles. The highest BCUT2D eigenvalue weighted by Gasteiger charge is 2.36. The third-order valence-corrected chi connectivity index (χ3v) is 5.60. The maximum Gasteiger partial charge on any atom is 0.225 e. The Bertz CT molecular complexity index is 865. The molecule has 3 amide bonds. The lowest BCUT2D eigenvalue weighted by Gasteiger charge is -2.26. The Morgan fingerprint density at radius 1 is 1.10 bits per heavy atom. The summed E-state index contributed by atoms with van der Waals surface area (Å²) in [5.41, 5.74) is 0.956. The smallest absolute Gasteiger partial charge is 0.225 e. The van der Waals surface area contributed by atoms with Crippen molar-refractivity contribution in [2.75, 3.05) is 19.6 Å². The van der Waals surface area contributed by atoms with Crippen LogP contribution < -0.4 is 5.32 Å². The Morgan fingerprint density at radius 2 is 1.93 bits per heavy atom. The van der Waals surface area contributed by atoms with E-state index >= 15 is 0 Å². The van der Waals surface area contributed by atoms with Crippen LogP contribution in [0.5, 0.6) is 0 Å². The van der Waals surface area contributed by atoms with Gasteiger partial charge in [0.25, 0.3) is 0 Å². The monoisotopic (exact) mass is 395 g/mol. The summed E-state index contributed by atoms with van der Waals surface area (Å²) in [5.74, 6) is 0.223. The van der Waals surface area contributed by atoms with Crippen LogP contribution in [0.3, 0.4) is 0 Å². The Hall–Kier alpha value is -3.09. The van der Waals surface area contributed by atoms with Crippen molar-refractivity contribution in [2.24, 2.45) is 5.92 Å². The van der Waals surface area contributed by atoms with E-state index < -0.39 is 5.92 Å². The molecule has 1 N–H and O–H groups in total. The number of amides is 3. The lowest BCUT2D eigenvalue weighted by molar-refractivity contribution is -0.130. The molecule has 29 heavy (non-hydrogen) atoms. The Morgan fingerprint density at radius 3 is 2.62 bits per heavy atom. The fraction of sp³-hybridized carbons (Fsp3) is 0.409. The molecule has 2 aromatic rings. The quantitative estimate of drug-likeness (QED) is 0.778. The molecule has 1 aromatic heterocycles. The van der Waals surface area contributed by atoms with Crippen molar-refractivity contribution in [3.05, 3.63) is 60.1 Å². The topological polar surface area (TPSA) is 82.9 Å². The summed E-state index contributed by atoms with van der Waals surface area (Å²) in [4.78, 5) is 40.8. The number of carbonyl (C=O) groups is 3. The van der Waals surface area contributed by atoms with Crippen LogP contribution in [0.4, 0.5) is 0 Å². The molecule has 2 unspecified atom stereocenters. The van der Waals surface area contributed by atoms with E-state index in [1.54, 1.807) is 22.1 Å². The van der Waals surface area contributed by atoms with Crippen molar-refractivity contribution >= 4 is 17.7 Å². The highest BCUT2D eigenvalue weighted by molar-refractivity contribution is 5.89. The molecule has 2 atom stereocenters. The Labute approximate surface area is 169 Å². The van der Waals surface area contributed by atoms with Gasteiger partial charge in [-0.25, -0.2) is 0 Å². The maximum atomic E-state index is 13.0. The molecule has 0 radical (unpaired) electrons. The number of rotatable bonds is 7. The van der Waals surface area contributed by atoms with Gasteiger partial charge in [0.05, 0.1) is 24.8 Å². The van der Waals surface area contributed by atoms with E-state index in [1.807, 2.05) is 36.4 Å². The van der Waals surface area contributed by atoms with Gasteiger partial charge in [-0.15, -0.1) is 0 Å². The van der Waals surface area contributed by atoms with Crippen LogP contribution in [0.15, 0.2) is 53.1 Å². The van der Waals surface area contributed by atoms with Crippen LogP contribution in [0, 0.1) is 5.92 Å². The van der Waals surface area contributed by atoms with Crippen LogP contribution >= 0.6 is 0 Å². The van der Waals surface area contributed by atoms with E-state index in [-0.39, 0.29) is 30.2 Å². The number of nitrogens with zero attached hydrogens (tertiary/aromatic N) is 2. The molecule has 4 rings (SSSR count). The van der Waals surface area contributed by atoms with Gasteiger partial charge in [-0.3, -0.25) is 14.4 Å². The minimum Gasteiger partial charge on any atom is -0.467 e. The second-order valence-electron chi connectivity index (χ2n) is 7.67. The second-order valence-corrected chi connectivity index (χ2v) is 7.67. The van der Waals surface area contributed by atoms with Gasteiger partial charge in [-0.1, -0.05) is 30.3 Å².